The van der Waals surface area contributed by atoms with Crippen LogP contribution in [-0.2, 0) is 13.5 Å². The molecule has 0 N–H and O–H groups in total. The molecule has 2 nitrogen and oxygen atoms in total. The van der Waals surface area contributed by atoms with E-state index in [1.807, 2.05) is 0 Å². The number of hydrogen-bond donors (Lipinski definition) is 0. The van der Waals surface area contributed by atoms with Gasteiger partial charge < -0.3 is 4.57 Å². The van der Waals surface area contributed by atoms with Crippen LogP contribution in [0.5, 0.6) is 0 Å². The highest BCUT2D eigenvalue weighted by Crippen LogP contribution is 2.36. The topological polar surface area (TPSA) is 22.0 Å². The van der Waals surface area contributed by atoms with Crippen molar-refractivity contribution in [2.45, 2.75) is 48.0 Å². The molecule has 0 radical (unpaired) electrons. The number of ketones is 1. The van der Waals surface area contributed by atoms with Gasteiger partial charge in [0.05, 0.1) is 5.52 Å². The smallest absolute Gasteiger partial charge is 0.190 e. The van der Waals surface area contributed by atoms with Crippen molar-refractivity contribution >= 4 is 22.8 Å². The molecule has 3 aromatic rings. The van der Waals surface area contributed by atoms with Gasteiger partial charge in [0, 0.05) is 36.2 Å². The molecule has 0 saturated heterocycles. The fraction of sp³-hybridized carbons (Fsp3) is 0.320. The van der Waals surface area contributed by atoms with E-state index in [2.05, 4.69) is 77.6 Å². The van der Waals surface area contributed by atoms with Crippen LogP contribution in [0.2, 0.25) is 0 Å². The summed E-state index contributed by atoms with van der Waals surface area (Å²) in [7, 11) is 2.05. The van der Waals surface area contributed by atoms with Crippen molar-refractivity contribution in [3.05, 3.63) is 74.0 Å². The van der Waals surface area contributed by atoms with E-state index in [0.717, 1.165) is 28.5 Å². The molecule has 138 valence electrons. The standard InChI is InChI=1S/C25H27NO/c1-13-10-19-11-20(12-22(19)16(4)14(13)2)25(27)23-17(5)15(3)18(6)24-21(23)8-9-26(24)7/h8-10,12H,11H2,1-7H3. The highest BCUT2D eigenvalue weighted by atomic mass is 16.1. The Hall–Kier alpha value is -2.61. The van der Waals surface area contributed by atoms with Crippen LogP contribution in [0.4, 0.5) is 0 Å². The van der Waals surface area contributed by atoms with E-state index < -0.39 is 0 Å². The number of hydrogen-bond acceptors (Lipinski definition) is 1. The third-order valence-electron chi connectivity index (χ3n) is 6.71. The first-order chi connectivity index (χ1) is 12.7. The number of carbonyl (C=O) groups excluding carboxylic acids is 1. The summed E-state index contributed by atoms with van der Waals surface area (Å²) in [6.07, 6.45) is 4.92. The molecule has 0 amide bonds. The molecular weight excluding hydrogens is 330 g/mol. The monoisotopic (exact) mass is 357 g/mol. The third kappa shape index (κ3) is 2.43. The summed E-state index contributed by atoms with van der Waals surface area (Å²) in [6.45, 7) is 12.9. The normalized spacial score (nSPS) is 13.2. The Morgan fingerprint density at radius 2 is 1.63 bits per heavy atom. The number of benzene rings is 2. The van der Waals surface area contributed by atoms with Crippen molar-refractivity contribution in [3.8, 4) is 0 Å². The van der Waals surface area contributed by atoms with Crippen molar-refractivity contribution in [3.63, 3.8) is 0 Å². The van der Waals surface area contributed by atoms with Gasteiger partial charge in [0.15, 0.2) is 5.78 Å². The van der Waals surface area contributed by atoms with Crippen LogP contribution in [0.1, 0.15) is 54.9 Å². The average Bonchev–Trinajstić information content (AvgIpc) is 3.22. The second kappa shape index (κ2) is 5.95. The Labute approximate surface area is 161 Å². The van der Waals surface area contributed by atoms with E-state index in [9.17, 15) is 4.79 Å². The van der Waals surface area contributed by atoms with Crippen molar-refractivity contribution in [2.24, 2.45) is 7.05 Å². The van der Waals surface area contributed by atoms with Gasteiger partial charge in [-0.25, -0.2) is 0 Å². The minimum atomic E-state index is 0.178. The largest absolute Gasteiger partial charge is 0.350 e. The van der Waals surface area contributed by atoms with E-state index >= 15 is 0 Å². The van der Waals surface area contributed by atoms with E-state index in [1.54, 1.807) is 0 Å². The SMILES string of the molecule is Cc1cc2c(c(C)c1C)C=C(C(=O)c1c(C)c(C)c(C)c3c1ccn3C)C2. The summed E-state index contributed by atoms with van der Waals surface area (Å²) in [6, 6.07) is 4.34. The van der Waals surface area contributed by atoms with Crippen molar-refractivity contribution < 1.29 is 4.79 Å². The Balaban J connectivity index is 1.89. The van der Waals surface area contributed by atoms with Crippen LogP contribution < -0.4 is 0 Å². The molecule has 4 rings (SSSR count). The van der Waals surface area contributed by atoms with Gasteiger partial charge in [-0.3, -0.25) is 4.79 Å². The van der Waals surface area contributed by atoms with Crippen LogP contribution in [0.15, 0.2) is 23.9 Å². The van der Waals surface area contributed by atoms with Gasteiger partial charge in [-0.15, -0.1) is 0 Å². The van der Waals surface area contributed by atoms with Crippen LogP contribution in [-0.4, -0.2) is 10.4 Å². The maximum absolute atomic E-state index is 13.6. The summed E-state index contributed by atoms with van der Waals surface area (Å²) >= 11 is 0. The number of nitrogens with zero attached hydrogens (tertiary/aromatic N) is 1. The van der Waals surface area contributed by atoms with Gasteiger partial charge >= 0.3 is 0 Å². The second-order valence-corrected chi connectivity index (χ2v) is 8.13. The molecule has 0 saturated carbocycles. The molecule has 1 aliphatic carbocycles. The first-order valence-corrected chi connectivity index (χ1v) is 9.62. The van der Waals surface area contributed by atoms with Gasteiger partial charge in [-0.1, -0.05) is 6.07 Å². The summed E-state index contributed by atoms with van der Waals surface area (Å²) in [4.78, 5) is 13.6. The van der Waals surface area contributed by atoms with E-state index in [4.69, 9.17) is 0 Å². The maximum atomic E-state index is 13.6. The number of aromatic nitrogens is 1. The summed E-state index contributed by atoms with van der Waals surface area (Å²) < 4.78 is 2.13. The van der Waals surface area contributed by atoms with Crippen LogP contribution in [0, 0.1) is 41.5 Å². The molecule has 0 bridgehead atoms. The number of fused-ring (bicyclic) bond motifs is 2. The number of aryl methyl sites for hydroxylation is 3. The molecular formula is C25H27NO. The maximum Gasteiger partial charge on any atom is 0.190 e. The van der Waals surface area contributed by atoms with E-state index in [0.29, 0.717) is 0 Å². The summed E-state index contributed by atoms with van der Waals surface area (Å²) in [5.74, 6) is 0.178. The third-order valence-corrected chi connectivity index (χ3v) is 6.71. The molecule has 1 aliphatic rings. The summed E-state index contributed by atoms with van der Waals surface area (Å²) in [5, 5.41) is 1.07. The number of rotatable bonds is 2. The fourth-order valence-electron chi connectivity index (χ4n) is 4.61. The molecule has 0 fully saturated rings. The Morgan fingerprint density at radius 1 is 0.926 bits per heavy atom. The molecule has 0 unspecified atom stereocenters. The minimum absolute atomic E-state index is 0.178. The lowest BCUT2D eigenvalue weighted by atomic mass is 9.89. The molecule has 27 heavy (non-hydrogen) atoms. The molecule has 0 spiro atoms. The van der Waals surface area contributed by atoms with Crippen LogP contribution in [0.3, 0.4) is 0 Å². The lowest BCUT2D eigenvalue weighted by Gasteiger charge is -2.15. The zero-order chi connectivity index (χ0) is 19.6. The predicted octanol–water partition coefficient (Wildman–Crippen LogP) is 5.85. The molecule has 1 heterocycles. The Morgan fingerprint density at radius 3 is 2.33 bits per heavy atom. The quantitative estimate of drug-likeness (QED) is 0.527. The highest BCUT2D eigenvalue weighted by molar-refractivity contribution is 6.20. The van der Waals surface area contributed by atoms with Crippen molar-refractivity contribution in [1.29, 1.82) is 0 Å². The first-order valence-electron chi connectivity index (χ1n) is 9.62. The summed E-state index contributed by atoms with van der Waals surface area (Å²) in [5.41, 5.74) is 13.0. The Bertz CT molecular complexity index is 1170. The lowest BCUT2D eigenvalue weighted by Crippen LogP contribution is -2.09. The van der Waals surface area contributed by atoms with Crippen molar-refractivity contribution in [2.75, 3.05) is 0 Å². The minimum Gasteiger partial charge on any atom is -0.350 e. The number of carbonyl (C=O) groups is 1. The lowest BCUT2D eigenvalue weighted by molar-refractivity contribution is 0.103. The van der Waals surface area contributed by atoms with E-state index in [1.165, 1.54) is 44.5 Å². The predicted molar refractivity (Wildman–Crippen MR) is 114 cm³/mol. The van der Waals surface area contributed by atoms with Crippen molar-refractivity contribution in [1.82, 2.24) is 4.57 Å². The molecule has 2 heteroatoms. The number of allylic oxidation sites excluding steroid dienone is 1. The highest BCUT2D eigenvalue weighted by Gasteiger charge is 2.26. The van der Waals surface area contributed by atoms with Crippen LogP contribution >= 0.6 is 0 Å². The van der Waals surface area contributed by atoms with Gasteiger partial charge in [0.25, 0.3) is 0 Å². The Kier molecular flexibility index (Phi) is 3.92. The zero-order valence-electron chi connectivity index (χ0n) is 17.4. The number of Topliss-reactive ketones (excluding diaryl/α,β-unsaturated/α-hetero) is 1. The van der Waals surface area contributed by atoms with Gasteiger partial charge in [-0.05, 0) is 98.2 Å². The molecule has 0 aliphatic heterocycles. The molecule has 0 atom stereocenters. The second-order valence-electron chi connectivity index (χ2n) is 8.13. The fourth-order valence-corrected chi connectivity index (χ4v) is 4.61. The van der Waals surface area contributed by atoms with Gasteiger partial charge in [0.2, 0.25) is 0 Å². The molecule has 2 aromatic carbocycles. The average molecular weight is 357 g/mol. The first kappa shape index (κ1) is 17.8. The van der Waals surface area contributed by atoms with Gasteiger partial charge in [-0.2, -0.15) is 0 Å². The van der Waals surface area contributed by atoms with Gasteiger partial charge in [0.1, 0.15) is 0 Å². The molecule has 1 aromatic heterocycles. The van der Waals surface area contributed by atoms with Crippen LogP contribution in [0.25, 0.3) is 17.0 Å². The van der Waals surface area contributed by atoms with E-state index in [-0.39, 0.29) is 5.78 Å². The zero-order valence-corrected chi connectivity index (χ0v) is 17.4.